The van der Waals surface area contributed by atoms with Gasteiger partial charge in [0, 0.05) is 63.1 Å². The average Bonchev–Trinajstić information content (AvgIpc) is 3.45. The molecule has 0 saturated carbocycles. The topological polar surface area (TPSA) is 106 Å². The SMILES string of the molecule is Cn1ccnc1C1(O)CCCN(c2ncc(-c3cnccn3)c(-c3ccco3)n2)CC1. The number of aliphatic hydroxyl groups is 1. The number of hydrogen-bond donors (Lipinski definition) is 1. The van der Waals surface area contributed by atoms with Crippen LogP contribution in [0.4, 0.5) is 5.95 Å². The fourth-order valence-electron chi connectivity index (χ4n) is 4.11. The third kappa shape index (κ3) is 3.68. The molecule has 1 fully saturated rings. The molecule has 31 heavy (non-hydrogen) atoms. The highest BCUT2D eigenvalue weighted by atomic mass is 16.3. The highest BCUT2D eigenvalue weighted by Crippen LogP contribution is 2.34. The maximum absolute atomic E-state index is 11.3. The molecule has 5 heterocycles. The molecule has 0 aliphatic carbocycles. The number of rotatable bonds is 4. The van der Waals surface area contributed by atoms with Gasteiger partial charge in [0.1, 0.15) is 17.1 Å². The summed E-state index contributed by atoms with van der Waals surface area (Å²) < 4.78 is 7.52. The van der Waals surface area contributed by atoms with E-state index in [0.717, 1.165) is 18.5 Å². The third-order valence-electron chi connectivity index (χ3n) is 5.70. The van der Waals surface area contributed by atoms with E-state index in [1.54, 1.807) is 37.2 Å². The third-order valence-corrected chi connectivity index (χ3v) is 5.70. The fourth-order valence-corrected chi connectivity index (χ4v) is 4.11. The van der Waals surface area contributed by atoms with E-state index in [4.69, 9.17) is 9.40 Å². The molecule has 158 valence electrons. The van der Waals surface area contributed by atoms with Gasteiger partial charge < -0.3 is 19.0 Å². The Balaban J connectivity index is 1.47. The molecule has 0 amide bonds. The summed E-state index contributed by atoms with van der Waals surface area (Å²) in [5.41, 5.74) is 1.14. The Bertz CT molecular complexity index is 1160. The van der Waals surface area contributed by atoms with Gasteiger partial charge in [-0.2, -0.15) is 0 Å². The van der Waals surface area contributed by atoms with Crippen molar-refractivity contribution in [3.63, 3.8) is 0 Å². The number of furan rings is 1. The Morgan fingerprint density at radius 2 is 2.00 bits per heavy atom. The lowest BCUT2D eigenvalue weighted by Crippen LogP contribution is -2.32. The second-order valence-corrected chi connectivity index (χ2v) is 7.73. The summed E-state index contributed by atoms with van der Waals surface area (Å²) in [6.07, 6.45) is 13.9. The summed E-state index contributed by atoms with van der Waals surface area (Å²) in [6, 6.07) is 3.70. The van der Waals surface area contributed by atoms with E-state index >= 15 is 0 Å². The number of imidazole rings is 1. The molecule has 0 bridgehead atoms. The van der Waals surface area contributed by atoms with Crippen LogP contribution in [0.25, 0.3) is 22.7 Å². The fraction of sp³-hybridized carbons (Fsp3) is 0.318. The van der Waals surface area contributed by atoms with Crippen LogP contribution < -0.4 is 4.90 Å². The number of anilines is 1. The van der Waals surface area contributed by atoms with Crippen LogP contribution in [0.5, 0.6) is 0 Å². The minimum Gasteiger partial charge on any atom is -0.463 e. The van der Waals surface area contributed by atoms with E-state index in [1.807, 2.05) is 29.9 Å². The lowest BCUT2D eigenvalue weighted by molar-refractivity contribution is 0.0129. The second-order valence-electron chi connectivity index (χ2n) is 7.73. The number of hydrogen-bond acceptors (Lipinski definition) is 8. The summed E-state index contributed by atoms with van der Waals surface area (Å²) in [4.78, 5) is 24.5. The first-order valence-electron chi connectivity index (χ1n) is 10.3. The quantitative estimate of drug-likeness (QED) is 0.540. The van der Waals surface area contributed by atoms with E-state index in [1.165, 1.54) is 0 Å². The zero-order valence-corrected chi connectivity index (χ0v) is 17.2. The highest BCUT2D eigenvalue weighted by Gasteiger charge is 2.36. The summed E-state index contributed by atoms with van der Waals surface area (Å²) in [5, 5.41) is 11.3. The van der Waals surface area contributed by atoms with Gasteiger partial charge in [0.15, 0.2) is 5.76 Å². The number of aromatic nitrogens is 6. The number of nitrogens with zero attached hydrogens (tertiary/aromatic N) is 7. The average molecular weight is 417 g/mol. The van der Waals surface area contributed by atoms with Gasteiger partial charge in [-0.25, -0.2) is 15.0 Å². The zero-order chi connectivity index (χ0) is 21.3. The Kier molecular flexibility index (Phi) is 4.95. The number of aryl methyl sites for hydroxylation is 1. The molecule has 5 rings (SSSR count). The molecule has 9 heteroatoms. The van der Waals surface area contributed by atoms with Crippen molar-refractivity contribution in [1.82, 2.24) is 29.5 Å². The van der Waals surface area contributed by atoms with Crippen LogP contribution in [-0.4, -0.2) is 47.7 Å². The molecule has 1 aliphatic heterocycles. The predicted molar refractivity (Wildman–Crippen MR) is 114 cm³/mol. The van der Waals surface area contributed by atoms with Crippen molar-refractivity contribution in [2.24, 2.45) is 7.05 Å². The van der Waals surface area contributed by atoms with Gasteiger partial charge in [-0.05, 0) is 25.0 Å². The van der Waals surface area contributed by atoms with E-state index in [-0.39, 0.29) is 0 Å². The first-order chi connectivity index (χ1) is 15.1. The molecule has 1 saturated heterocycles. The molecular formula is C22H23N7O2. The van der Waals surface area contributed by atoms with Crippen molar-refractivity contribution in [2.75, 3.05) is 18.0 Å². The lowest BCUT2D eigenvalue weighted by atomic mass is 9.94. The van der Waals surface area contributed by atoms with E-state index < -0.39 is 5.60 Å². The first kappa shape index (κ1) is 19.4. The Hall–Kier alpha value is -3.59. The summed E-state index contributed by atoms with van der Waals surface area (Å²) in [5.74, 6) is 1.94. The molecule has 1 N–H and O–H groups in total. The van der Waals surface area contributed by atoms with Crippen molar-refractivity contribution >= 4 is 5.95 Å². The molecule has 0 radical (unpaired) electrons. The van der Waals surface area contributed by atoms with Crippen molar-refractivity contribution in [3.05, 3.63) is 61.4 Å². The van der Waals surface area contributed by atoms with Crippen LogP contribution in [0.2, 0.25) is 0 Å². The van der Waals surface area contributed by atoms with Crippen LogP contribution in [0, 0.1) is 0 Å². The molecule has 9 nitrogen and oxygen atoms in total. The van der Waals surface area contributed by atoms with Crippen LogP contribution in [0.3, 0.4) is 0 Å². The molecule has 0 spiro atoms. The molecule has 1 unspecified atom stereocenters. The summed E-state index contributed by atoms with van der Waals surface area (Å²) in [6.45, 7) is 1.36. The monoisotopic (exact) mass is 417 g/mol. The molecule has 1 aliphatic rings. The van der Waals surface area contributed by atoms with E-state index in [9.17, 15) is 5.11 Å². The minimum absolute atomic E-state index is 0.545. The molecular weight excluding hydrogens is 394 g/mol. The van der Waals surface area contributed by atoms with Crippen molar-refractivity contribution in [3.8, 4) is 22.7 Å². The van der Waals surface area contributed by atoms with Crippen LogP contribution in [0.1, 0.15) is 25.1 Å². The van der Waals surface area contributed by atoms with E-state index in [2.05, 4.69) is 24.8 Å². The van der Waals surface area contributed by atoms with E-state index in [0.29, 0.717) is 48.3 Å². The first-order valence-corrected chi connectivity index (χ1v) is 10.3. The molecule has 4 aromatic heterocycles. The van der Waals surface area contributed by atoms with Crippen molar-refractivity contribution in [1.29, 1.82) is 0 Å². The zero-order valence-electron chi connectivity index (χ0n) is 17.2. The molecule has 1 atom stereocenters. The molecule has 0 aromatic carbocycles. The second kappa shape index (κ2) is 7.92. The summed E-state index contributed by atoms with van der Waals surface area (Å²) >= 11 is 0. The lowest BCUT2D eigenvalue weighted by Gasteiger charge is -2.26. The van der Waals surface area contributed by atoms with Gasteiger partial charge in [-0.15, -0.1) is 0 Å². The Labute approximate surface area is 179 Å². The van der Waals surface area contributed by atoms with Gasteiger partial charge in [0.2, 0.25) is 5.95 Å². The maximum Gasteiger partial charge on any atom is 0.226 e. The van der Waals surface area contributed by atoms with Crippen molar-refractivity contribution < 1.29 is 9.52 Å². The van der Waals surface area contributed by atoms with Crippen LogP contribution in [-0.2, 0) is 12.6 Å². The van der Waals surface area contributed by atoms with Crippen LogP contribution in [0.15, 0.2) is 60.0 Å². The molecule has 4 aromatic rings. The van der Waals surface area contributed by atoms with Gasteiger partial charge in [0.25, 0.3) is 0 Å². The van der Waals surface area contributed by atoms with Gasteiger partial charge in [-0.3, -0.25) is 9.97 Å². The van der Waals surface area contributed by atoms with Crippen molar-refractivity contribution in [2.45, 2.75) is 24.9 Å². The highest BCUT2D eigenvalue weighted by molar-refractivity contribution is 5.76. The van der Waals surface area contributed by atoms with Gasteiger partial charge in [-0.1, -0.05) is 0 Å². The maximum atomic E-state index is 11.3. The largest absolute Gasteiger partial charge is 0.463 e. The van der Waals surface area contributed by atoms with Crippen LogP contribution >= 0.6 is 0 Å². The normalized spacial score (nSPS) is 19.4. The Morgan fingerprint density at radius 1 is 1.06 bits per heavy atom. The van der Waals surface area contributed by atoms with Gasteiger partial charge in [0.05, 0.1) is 18.2 Å². The minimum atomic E-state index is -0.962. The summed E-state index contributed by atoms with van der Waals surface area (Å²) in [7, 11) is 1.91. The van der Waals surface area contributed by atoms with Gasteiger partial charge >= 0.3 is 0 Å². The smallest absolute Gasteiger partial charge is 0.226 e. The Morgan fingerprint density at radius 3 is 2.74 bits per heavy atom. The predicted octanol–water partition coefficient (Wildman–Crippen LogP) is 2.81. The standard InChI is InChI=1S/C22H23N7O2/c1-28-12-9-25-20(28)22(30)5-3-10-29(11-6-22)21-26-14-16(17-15-23-7-8-24-17)19(27-21)18-4-2-13-31-18/h2,4,7-9,12-15,30H,3,5-6,10-11H2,1H3.